The Morgan fingerprint density at radius 2 is 1.83 bits per heavy atom. The lowest BCUT2D eigenvalue weighted by atomic mass is 10.1. The van der Waals surface area contributed by atoms with Gasteiger partial charge in [-0.2, -0.15) is 4.98 Å². The first-order chi connectivity index (χ1) is 14.4. The lowest BCUT2D eigenvalue weighted by Crippen LogP contribution is -2.49. The summed E-state index contributed by atoms with van der Waals surface area (Å²) in [5, 5.41) is 4.66. The molecule has 1 aromatic heterocycles. The van der Waals surface area contributed by atoms with Gasteiger partial charge in [0.25, 0.3) is 5.91 Å². The van der Waals surface area contributed by atoms with Crippen molar-refractivity contribution in [2.75, 3.05) is 26.2 Å². The molecule has 0 aliphatic carbocycles. The average Bonchev–Trinajstić information content (AvgIpc) is 3.25. The third-order valence-corrected chi connectivity index (χ3v) is 5.71. The van der Waals surface area contributed by atoms with Gasteiger partial charge in [0.1, 0.15) is 5.82 Å². The molecule has 2 heterocycles. The van der Waals surface area contributed by atoms with Crippen LogP contribution in [0.3, 0.4) is 0 Å². The van der Waals surface area contributed by atoms with E-state index < -0.39 is 0 Å². The van der Waals surface area contributed by atoms with Gasteiger partial charge < -0.3 is 9.42 Å². The van der Waals surface area contributed by atoms with Crippen LogP contribution in [-0.2, 0) is 0 Å². The normalized spacial score (nSPS) is 15.9. The molecule has 0 spiro atoms. The number of rotatable bonds is 4. The highest BCUT2D eigenvalue weighted by atomic mass is 35.5. The Morgan fingerprint density at radius 3 is 2.50 bits per heavy atom. The Labute approximate surface area is 179 Å². The largest absolute Gasteiger partial charge is 0.337 e. The minimum absolute atomic E-state index is 0.00530. The smallest absolute Gasteiger partial charge is 0.253 e. The summed E-state index contributed by atoms with van der Waals surface area (Å²) in [7, 11) is 0. The molecule has 1 aliphatic rings. The number of hydrogen-bond donors (Lipinski definition) is 0. The maximum atomic E-state index is 13.5. The molecule has 30 heavy (non-hydrogen) atoms. The van der Waals surface area contributed by atoms with E-state index in [-0.39, 0.29) is 17.8 Å². The van der Waals surface area contributed by atoms with Crippen molar-refractivity contribution in [2.24, 2.45) is 0 Å². The molecule has 0 radical (unpaired) electrons. The first-order valence-electron chi connectivity index (χ1n) is 9.81. The molecular weight excluding hydrogens is 407 g/mol. The van der Waals surface area contributed by atoms with Crippen molar-refractivity contribution in [2.45, 2.75) is 19.9 Å². The molecule has 0 N–H and O–H groups in total. The Kier molecular flexibility index (Phi) is 5.83. The standard InChI is InChI=1S/C22H22ClFN4O2/c1-14-13-17(5-8-19(14)24)20-25-21(30-26-20)15(2)27-9-11-28(12-10-27)22(29)16-3-6-18(23)7-4-16/h3-8,13,15H,9-12H2,1-2H3. The zero-order valence-electron chi connectivity index (χ0n) is 16.8. The maximum Gasteiger partial charge on any atom is 0.253 e. The van der Waals surface area contributed by atoms with Crippen LogP contribution >= 0.6 is 11.6 Å². The van der Waals surface area contributed by atoms with Crippen molar-refractivity contribution in [3.05, 3.63) is 70.3 Å². The second-order valence-corrected chi connectivity index (χ2v) is 7.87. The predicted molar refractivity (Wildman–Crippen MR) is 112 cm³/mol. The van der Waals surface area contributed by atoms with E-state index in [4.69, 9.17) is 16.1 Å². The predicted octanol–water partition coefficient (Wildman–Crippen LogP) is 4.36. The zero-order valence-corrected chi connectivity index (χ0v) is 17.6. The van der Waals surface area contributed by atoms with Gasteiger partial charge in [0.05, 0.1) is 6.04 Å². The molecule has 2 aromatic carbocycles. The fourth-order valence-corrected chi connectivity index (χ4v) is 3.68. The van der Waals surface area contributed by atoms with Gasteiger partial charge in [-0.3, -0.25) is 9.69 Å². The van der Waals surface area contributed by atoms with E-state index in [1.165, 1.54) is 6.07 Å². The molecule has 1 saturated heterocycles. The number of amides is 1. The van der Waals surface area contributed by atoms with E-state index in [9.17, 15) is 9.18 Å². The van der Waals surface area contributed by atoms with Gasteiger partial charge in [0.2, 0.25) is 11.7 Å². The van der Waals surface area contributed by atoms with Crippen LogP contribution in [0.2, 0.25) is 5.02 Å². The highest BCUT2D eigenvalue weighted by Gasteiger charge is 2.28. The quantitative estimate of drug-likeness (QED) is 0.618. The molecule has 1 atom stereocenters. The summed E-state index contributed by atoms with van der Waals surface area (Å²) in [6.45, 7) is 6.34. The highest BCUT2D eigenvalue weighted by Crippen LogP contribution is 2.25. The molecular formula is C22H22ClFN4O2. The molecule has 0 saturated carbocycles. The molecule has 1 aliphatic heterocycles. The van der Waals surface area contributed by atoms with E-state index in [2.05, 4.69) is 15.0 Å². The van der Waals surface area contributed by atoms with Gasteiger partial charge in [0, 0.05) is 42.3 Å². The average molecular weight is 429 g/mol. The second kappa shape index (κ2) is 8.53. The van der Waals surface area contributed by atoms with Crippen molar-refractivity contribution in [1.82, 2.24) is 19.9 Å². The molecule has 1 unspecified atom stereocenters. The maximum absolute atomic E-state index is 13.5. The molecule has 6 nitrogen and oxygen atoms in total. The first-order valence-corrected chi connectivity index (χ1v) is 10.2. The van der Waals surface area contributed by atoms with Crippen molar-refractivity contribution in [3.8, 4) is 11.4 Å². The van der Waals surface area contributed by atoms with E-state index in [1.54, 1.807) is 43.3 Å². The van der Waals surface area contributed by atoms with Crippen LogP contribution in [-0.4, -0.2) is 52.0 Å². The van der Waals surface area contributed by atoms with Gasteiger partial charge in [-0.1, -0.05) is 16.8 Å². The van der Waals surface area contributed by atoms with Gasteiger partial charge in [-0.05, 0) is 61.9 Å². The van der Waals surface area contributed by atoms with Crippen molar-refractivity contribution in [3.63, 3.8) is 0 Å². The van der Waals surface area contributed by atoms with Crippen LogP contribution in [0.1, 0.15) is 34.8 Å². The highest BCUT2D eigenvalue weighted by molar-refractivity contribution is 6.30. The van der Waals surface area contributed by atoms with Crippen LogP contribution in [0.4, 0.5) is 4.39 Å². The van der Waals surface area contributed by atoms with Crippen LogP contribution in [0.5, 0.6) is 0 Å². The molecule has 3 aromatic rings. The molecule has 0 bridgehead atoms. The first kappa shape index (κ1) is 20.5. The molecule has 8 heteroatoms. The van der Waals surface area contributed by atoms with E-state index in [0.29, 0.717) is 54.0 Å². The van der Waals surface area contributed by atoms with Crippen molar-refractivity contribution in [1.29, 1.82) is 0 Å². The second-order valence-electron chi connectivity index (χ2n) is 7.43. The number of nitrogens with zero attached hydrogens (tertiary/aromatic N) is 4. The minimum atomic E-state index is -0.262. The van der Waals surface area contributed by atoms with Gasteiger partial charge in [0.15, 0.2) is 0 Å². The summed E-state index contributed by atoms with van der Waals surface area (Å²) in [4.78, 5) is 21.2. The van der Waals surface area contributed by atoms with E-state index in [0.717, 1.165) is 5.56 Å². The summed E-state index contributed by atoms with van der Waals surface area (Å²) in [5.41, 5.74) is 1.89. The molecule has 1 amide bonds. The van der Waals surface area contributed by atoms with Crippen LogP contribution in [0, 0.1) is 12.7 Å². The fourth-order valence-electron chi connectivity index (χ4n) is 3.55. The lowest BCUT2D eigenvalue weighted by Gasteiger charge is -2.36. The number of aryl methyl sites for hydroxylation is 1. The number of piperazine rings is 1. The summed E-state index contributed by atoms with van der Waals surface area (Å²) >= 11 is 5.90. The Hall–Kier alpha value is -2.77. The third kappa shape index (κ3) is 4.22. The number of aromatic nitrogens is 2. The summed E-state index contributed by atoms with van der Waals surface area (Å²) in [5.74, 6) is 0.688. The van der Waals surface area contributed by atoms with Gasteiger partial charge in [-0.25, -0.2) is 4.39 Å². The topological polar surface area (TPSA) is 62.5 Å². The SMILES string of the molecule is Cc1cc(-c2noc(C(C)N3CCN(C(=O)c4ccc(Cl)cc4)CC3)n2)ccc1F. The number of benzene rings is 2. The van der Waals surface area contributed by atoms with Crippen LogP contribution in [0.25, 0.3) is 11.4 Å². The number of hydrogen-bond acceptors (Lipinski definition) is 5. The lowest BCUT2D eigenvalue weighted by molar-refractivity contribution is 0.0551. The summed E-state index contributed by atoms with van der Waals surface area (Å²) in [6, 6.07) is 11.6. The van der Waals surface area contributed by atoms with E-state index in [1.807, 2.05) is 11.8 Å². The monoisotopic (exact) mass is 428 g/mol. The van der Waals surface area contributed by atoms with Crippen molar-refractivity contribution < 1.29 is 13.7 Å². The Bertz CT molecular complexity index is 1050. The number of halogens is 2. The zero-order chi connectivity index (χ0) is 21.3. The van der Waals surface area contributed by atoms with Gasteiger partial charge in [-0.15, -0.1) is 0 Å². The molecule has 156 valence electrons. The summed E-state index contributed by atoms with van der Waals surface area (Å²) in [6.07, 6.45) is 0. The van der Waals surface area contributed by atoms with Crippen LogP contribution < -0.4 is 0 Å². The number of carbonyl (C=O) groups excluding carboxylic acids is 1. The molecule has 1 fully saturated rings. The fraction of sp³-hybridized carbons (Fsp3) is 0.318. The molecule has 4 rings (SSSR count). The van der Waals surface area contributed by atoms with Crippen LogP contribution in [0.15, 0.2) is 47.0 Å². The van der Waals surface area contributed by atoms with Gasteiger partial charge >= 0.3 is 0 Å². The Balaban J connectivity index is 1.39. The number of carbonyl (C=O) groups is 1. The summed E-state index contributed by atoms with van der Waals surface area (Å²) < 4.78 is 19.0. The minimum Gasteiger partial charge on any atom is -0.337 e. The Morgan fingerprint density at radius 1 is 1.13 bits per heavy atom. The van der Waals surface area contributed by atoms with E-state index >= 15 is 0 Å². The van der Waals surface area contributed by atoms with Crippen molar-refractivity contribution >= 4 is 17.5 Å². The third-order valence-electron chi connectivity index (χ3n) is 5.46.